The van der Waals surface area contributed by atoms with Crippen LogP contribution >= 0.6 is 0 Å². The van der Waals surface area contributed by atoms with Gasteiger partial charge in [-0.15, -0.1) is 0 Å². The molecule has 0 aromatic carbocycles. The standard InChI is InChI=1S/C29H44O4/c1-16-13-19-7-8-20-21-9-10-23(29(6,32)25-15-17(2)18(3)26(31)33-25)27(21,4)12-11-22(20)28(19,5)24(30)14-16/h7,16,20-25,30,32H,8-15H2,1-6H3/t16?,20?,21?,22?,23?,24-,25?,27?,28?,29+/m0/s1. The van der Waals surface area contributed by atoms with Crippen molar-refractivity contribution in [2.45, 2.75) is 111 Å². The minimum atomic E-state index is -1.03. The van der Waals surface area contributed by atoms with Crippen LogP contribution in [0.4, 0.5) is 0 Å². The van der Waals surface area contributed by atoms with Crippen LogP contribution in [0.3, 0.4) is 0 Å². The van der Waals surface area contributed by atoms with Crippen molar-refractivity contribution in [1.29, 1.82) is 0 Å². The first kappa shape index (κ1) is 23.6. The molecule has 4 nitrogen and oxygen atoms in total. The first-order chi connectivity index (χ1) is 15.4. The van der Waals surface area contributed by atoms with Crippen LogP contribution in [-0.4, -0.2) is 34.0 Å². The van der Waals surface area contributed by atoms with Gasteiger partial charge in [-0.2, -0.15) is 0 Å². The lowest BCUT2D eigenvalue weighted by Gasteiger charge is -2.60. The van der Waals surface area contributed by atoms with E-state index in [2.05, 4.69) is 26.8 Å². The van der Waals surface area contributed by atoms with Crippen LogP contribution < -0.4 is 0 Å². The van der Waals surface area contributed by atoms with Crippen LogP contribution in [-0.2, 0) is 9.53 Å². The minimum absolute atomic E-state index is 0.0375. The highest BCUT2D eigenvalue weighted by Gasteiger charge is 2.64. The summed E-state index contributed by atoms with van der Waals surface area (Å²) in [5.74, 6) is 2.06. The number of aliphatic hydroxyl groups excluding tert-OH is 1. The fourth-order valence-electron chi connectivity index (χ4n) is 9.32. The van der Waals surface area contributed by atoms with Crippen molar-refractivity contribution in [3.63, 3.8) is 0 Å². The van der Waals surface area contributed by atoms with Gasteiger partial charge in [-0.25, -0.2) is 4.79 Å². The van der Waals surface area contributed by atoms with Crippen LogP contribution in [0.5, 0.6) is 0 Å². The highest BCUT2D eigenvalue weighted by molar-refractivity contribution is 5.89. The Morgan fingerprint density at radius 3 is 2.55 bits per heavy atom. The van der Waals surface area contributed by atoms with Gasteiger partial charge in [0.2, 0.25) is 0 Å². The SMILES string of the molecule is CC1=C(C)C(=O)OC([C@](C)(O)C2CCC3C4CC=C5CC(C)C[C@H](O)C5(C)C4CCC32C)C1. The van der Waals surface area contributed by atoms with Gasteiger partial charge in [0, 0.05) is 17.4 Å². The van der Waals surface area contributed by atoms with Crippen LogP contribution in [0.1, 0.15) is 92.9 Å². The van der Waals surface area contributed by atoms with E-state index >= 15 is 0 Å². The van der Waals surface area contributed by atoms with E-state index in [4.69, 9.17) is 4.74 Å². The van der Waals surface area contributed by atoms with Gasteiger partial charge >= 0.3 is 5.97 Å². The predicted molar refractivity (Wildman–Crippen MR) is 129 cm³/mol. The van der Waals surface area contributed by atoms with Crippen molar-refractivity contribution in [2.24, 2.45) is 40.4 Å². The lowest BCUT2D eigenvalue weighted by Crippen LogP contribution is -2.58. The van der Waals surface area contributed by atoms with Gasteiger partial charge in [-0.05, 0) is 101 Å². The molecule has 0 saturated heterocycles. The van der Waals surface area contributed by atoms with E-state index in [1.807, 2.05) is 20.8 Å². The third-order valence-electron chi connectivity index (χ3n) is 11.5. The van der Waals surface area contributed by atoms with E-state index < -0.39 is 11.7 Å². The Bertz CT molecular complexity index is 899. The van der Waals surface area contributed by atoms with E-state index in [1.165, 1.54) is 5.57 Å². The second-order valence-corrected chi connectivity index (χ2v) is 13.1. The van der Waals surface area contributed by atoms with Crippen LogP contribution in [0, 0.1) is 40.4 Å². The molecule has 33 heavy (non-hydrogen) atoms. The highest BCUT2D eigenvalue weighted by atomic mass is 16.6. The molecule has 8 unspecified atom stereocenters. The molecule has 5 aliphatic rings. The Morgan fingerprint density at radius 2 is 1.85 bits per heavy atom. The van der Waals surface area contributed by atoms with Crippen molar-refractivity contribution >= 4 is 5.97 Å². The van der Waals surface area contributed by atoms with Gasteiger partial charge in [0.15, 0.2) is 0 Å². The number of aliphatic hydroxyl groups is 2. The molecule has 3 fully saturated rings. The largest absolute Gasteiger partial charge is 0.456 e. The summed E-state index contributed by atoms with van der Waals surface area (Å²) in [6, 6.07) is 0. The molecule has 2 N–H and O–H groups in total. The van der Waals surface area contributed by atoms with Gasteiger partial charge < -0.3 is 14.9 Å². The molecule has 5 rings (SSSR count). The number of hydrogen-bond donors (Lipinski definition) is 2. The minimum Gasteiger partial charge on any atom is -0.456 e. The molecule has 0 spiro atoms. The van der Waals surface area contributed by atoms with E-state index in [1.54, 1.807) is 0 Å². The third kappa shape index (κ3) is 3.26. The summed E-state index contributed by atoms with van der Waals surface area (Å²) in [6.45, 7) is 12.8. The molecule has 3 saturated carbocycles. The normalized spacial score (nSPS) is 49.4. The summed E-state index contributed by atoms with van der Waals surface area (Å²) in [5, 5.41) is 23.2. The van der Waals surface area contributed by atoms with E-state index in [0.29, 0.717) is 35.7 Å². The average Bonchev–Trinajstić information content (AvgIpc) is 3.10. The second-order valence-electron chi connectivity index (χ2n) is 13.1. The van der Waals surface area contributed by atoms with Gasteiger partial charge in [-0.3, -0.25) is 0 Å². The van der Waals surface area contributed by atoms with Crippen molar-refractivity contribution in [1.82, 2.24) is 0 Å². The molecular weight excluding hydrogens is 412 g/mol. The Labute approximate surface area is 199 Å². The molecule has 1 aliphatic heterocycles. The summed E-state index contributed by atoms with van der Waals surface area (Å²) in [7, 11) is 0. The second kappa shape index (κ2) is 7.68. The average molecular weight is 457 g/mol. The molecule has 4 aliphatic carbocycles. The number of esters is 1. The number of cyclic esters (lactones) is 1. The molecule has 184 valence electrons. The zero-order valence-electron chi connectivity index (χ0n) is 21.5. The Balaban J connectivity index is 1.43. The van der Waals surface area contributed by atoms with Gasteiger partial charge in [0.25, 0.3) is 0 Å². The molecule has 1 heterocycles. The summed E-state index contributed by atoms with van der Waals surface area (Å²) >= 11 is 0. The van der Waals surface area contributed by atoms with Crippen LogP contribution in [0.2, 0.25) is 0 Å². The van der Waals surface area contributed by atoms with Crippen LogP contribution in [0.25, 0.3) is 0 Å². The maximum atomic E-state index is 12.4. The lowest BCUT2D eigenvalue weighted by atomic mass is 9.45. The first-order valence-corrected chi connectivity index (χ1v) is 13.4. The fourth-order valence-corrected chi connectivity index (χ4v) is 9.32. The molecular formula is C29H44O4. The molecule has 0 aromatic rings. The first-order valence-electron chi connectivity index (χ1n) is 13.4. The molecule has 10 atom stereocenters. The maximum absolute atomic E-state index is 12.4. The highest BCUT2D eigenvalue weighted by Crippen LogP contribution is 2.68. The zero-order valence-corrected chi connectivity index (χ0v) is 21.5. The Hall–Kier alpha value is -1.13. The molecule has 0 radical (unpaired) electrons. The van der Waals surface area contributed by atoms with Gasteiger partial charge in [-0.1, -0.05) is 38.0 Å². The molecule has 0 bridgehead atoms. The van der Waals surface area contributed by atoms with Gasteiger partial charge in [0.05, 0.1) is 6.10 Å². The predicted octanol–water partition coefficient (Wildman–Crippen LogP) is 5.58. The van der Waals surface area contributed by atoms with E-state index in [-0.39, 0.29) is 28.8 Å². The number of fused-ring (bicyclic) bond motifs is 5. The summed E-state index contributed by atoms with van der Waals surface area (Å²) in [6.07, 6.45) is 9.87. The number of rotatable bonds is 2. The monoisotopic (exact) mass is 456 g/mol. The summed E-state index contributed by atoms with van der Waals surface area (Å²) in [4.78, 5) is 12.4. The van der Waals surface area contributed by atoms with Crippen molar-refractivity contribution < 1.29 is 19.7 Å². The zero-order chi connectivity index (χ0) is 23.9. The molecule has 0 amide bonds. The summed E-state index contributed by atoms with van der Waals surface area (Å²) < 4.78 is 5.80. The number of allylic oxidation sites excluding steroid dienone is 1. The van der Waals surface area contributed by atoms with Gasteiger partial charge in [0.1, 0.15) is 11.7 Å². The number of carbonyl (C=O) groups is 1. The van der Waals surface area contributed by atoms with Crippen LogP contribution in [0.15, 0.2) is 22.8 Å². The van der Waals surface area contributed by atoms with E-state index in [0.717, 1.165) is 50.5 Å². The van der Waals surface area contributed by atoms with Crippen molar-refractivity contribution in [2.75, 3.05) is 0 Å². The van der Waals surface area contributed by atoms with Crippen molar-refractivity contribution in [3.8, 4) is 0 Å². The quantitative estimate of drug-likeness (QED) is 0.421. The number of ether oxygens (including phenoxy) is 1. The molecule has 0 aromatic heterocycles. The Morgan fingerprint density at radius 1 is 1.12 bits per heavy atom. The maximum Gasteiger partial charge on any atom is 0.334 e. The Kier molecular flexibility index (Phi) is 5.50. The molecule has 4 heteroatoms. The summed E-state index contributed by atoms with van der Waals surface area (Å²) in [5.41, 5.74) is 2.15. The topological polar surface area (TPSA) is 66.8 Å². The lowest BCUT2D eigenvalue weighted by molar-refractivity contribution is -0.183. The smallest absolute Gasteiger partial charge is 0.334 e. The van der Waals surface area contributed by atoms with E-state index in [9.17, 15) is 15.0 Å². The number of carbonyl (C=O) groups excluding carboxylic acids is 1. The fraction of sp³-hybridized carbons (Fsp3) is 0.828. The van der Waals surface area contributed by atoms with Crippen molar-refractivity contribution in [3.05, 3.63) is 22.8 Å². The number of hydrogen-bond acceptors (Lipinski definition) is 4. The third-order valence-corrected chi connectivity index (χ3v) is 11.5.